The number of rotatable bonds is 11. The zero-order valence-electron chi connectivity index (χ0n) is 20.8. The fourth-order valence-corrected chi connectivity index (χ4v) is 4.20. The topological polar surface area (TPSA) is 95.3 Å². The zero-order chi connectivity index (χ0) is 25.5. The van der Waals surface area contributed by atoms with Gasteiger partial charge in [0.15, 0.2) is 29.4 Å². The number of hydrogen-bond acceptors (Lipinski definition) is 9. The zero-order valence-corrected chi connectivity index (χ0v) is 20.8. The maximum Gasteiger partial charge on any atom is 0.343 e. The van der Waals surface area contributed by atoms with Crippen LogP contribution in [0, 0.1) is 5.82 Å². The molecule has 9 nitrogen and oxygen atoms in total. The first-order valence-corrected chi connectivity index (χ1v) is 12.2. The largest absolute Gasteiger partial charge is 0.491 e. The lowest BCUT2D eigenvalue weighted by molar-refractivity contribution is -0.142. The van der Waals surface area contributed by atoms with Crippen LogP contribution in [0.5, 0.6) is 17.2 Å². The summed E-state index contributed by atoms with van der Waals surface area (Å²) in [5.74, 6) is -0.0461. The minimum absolute atomic E-state index is 0.194. The number of likely N-dealkylation sites (tertiary alicyclic amines) is 1. The van der Waals surface area contributed by atoms with Crippen molar-refractivity contribution < 1.29 is 32.5 Å². The van der Waals surface area contributed by atoms with E-state index in [0.717, 1.165) is 31.5 Å². The summed E-state index contributed by atoms with van der Waals surface area (Å²) >= 11 is 0. The predicted molar refractivity (Wildman–Crippen MR) is 132 cm³/mol. The Hall–Kier alpha value is -3.53. The summed E-state index contributed by atoms with van der Waals surface area (Å²) in [6.45, 7) is 6.62. The molecule has 0 saturated carbocycles. The Morgan fingerprint density at radius 3 is 2.44 bits per heavy atom. The van der Waals surface area contributed by atoms with E-state index in [4.69, 9.17) is 18.6 Å². The van der Waals surface area contributed by atoms with Gasteiger partial charge < -0.3 is 28.7 Å². The molecule has 0 amide bonds. The van der Waals surface area contributed by atoms with Crippen molar-refractivity contribution in [3.8, 4) is 17.2 Å². The van der Waals surface area contributed by atoms with Crippen molar-refractivity contribution >= 4 is 23.1 Å². The Kier molecular flexibility index (Phi) is 8.48. The summed E-state index contributed by atoms with van der Waals surface area (Å²) in [6, 6.07) is 9.46. The molecule has 1 saturated heterocycles. The predicted octanol–water partition coefficient (Wildman–Crippen LogP) is 4.39. The molecule has 1 aliphatic heterocycles. The van der Waals surface area contributed by atoms with Crippen molar-refractivity contribution in [3.63, 3.8) is 0 Å². The van der Waals surface area contributed by atoms with E-state index in [-0.39, 0.29) is 24.1 Å². The van der Waals surface area contributed by atoms with E-state index in [1.165, 1.54) is 7.11 Å². The number of benzene rings is 2. The fourth-order valence-electron chi connectivity index (χ4n) is 4.20. The van der Waals surface area contributed by atoms with Crippen LogP contribution < -0.4 is 19.5 Å². The molecule has 2 heterocycles. The molecular weight excluding hydrogens is 469 g/mol. The first kappa shape index (κ1) is 25.6. The quantitative estimate of drug-likeness (QED) is 0.384. The van der Waals surface area contributed by atoms with E-state index in [1.54, 1.807) is 24.3 Å². The highest BCUT2D eigenvalue weighted by Crippen LogP contribution is 2.31. The van der Waals surface area contributed by atoms with Gasteiger partial charge in [0.05, 0.1) is 20.3 Å². The number of carbonyl (C=O) groups excluding carboxylic acids is 1. The van der Waals surface area contributed by atoms with Crippen LogP contribution in [0.15, 0.2) is 34.7 Å². The number of para-hydroxylation sites is 1. The molecular formula is C26H32FN3O6. The van der Waals surface area contributed by atoms with Gasteiger partial charge >= 0.3 is 5.97 Å². The standard InChI is InChI=1S/C26H32FN3O6/c1-4-33-21-13-17(14-22(24(21)27)34-5-2)15-30-11-9-18(10-12-30)28-26-29-19-7-6-8-20(25(19)36-26)35-16-23(31)32-3/h6-8,13-14,18H,4-5,9-12,15-16H2,1-3H3,(H,28,29). The van der Waals surface area contributed by atoms with E-state index < -0.39 is 11.8 Å². The maximum absolute atomic E-state index is 14.5. The molecule has 0 radical (unpaired) electrons. The number of esters is 1. The van der Waals surface area contributed by atoms with Crippen LogP contribution in [0.4, 0.5) is 10.4 Å². The highest BCUT2D eigenvalue weighted by Gasteiger charge is 2.23. The lowest BCUT2D eigenvalue weighted by Crippen LogP contribution is -2.38. The minimum atomic E-state index is -0.472. The molecule has 0 spiro atoms. The van der Waals surface area contributed by atoms with Crippen molar-refractivity contribution in [1.82, 2.24) is 9.88 Å². The second-order valence-electron chi connectivity index (χ2n) is 8.46. The summed E-state index contributed by atoms with van der Waals surface area (Å²) in [5, 5.41) is 3.38. The number of anilines is 1. The van der Waals surface area contributed by atoms with E-state index in [0.29, 0.717) is 42.6 Å². The van der Waals surface area contributed by atoms with Crippen LogP contribution in [-0.2, 0) is 16.1 Å². The Balaban J connectivity index is 1.35. The molecule has 0 unspecified atom stereocenters. The molecule has 1 aliphatic rings. The number of aromatic nitrogens is 1. The molecule has 3 aromatic rings. The third-order valence-corrected chi connectivity index (χ3v) is 5.94. The van der Waals surface area contributed by atoms with Gasteiger partial charge in [-0.2, -0.15) is 9.37 Å². The van der Waals surface area contributed by atoms with Crippen LogP contribution in [0.2, 0.25) is 0 Å². The molecule has 1 fully saturated rings. The smallest absolute Gasteiger partial charge is 0.343 e. The van der Waals surface area contributed by atoms with E-state index >= 15 is 0 Å². The van der Waals surface area contributed by atoms with Gasteiger partial charge in [0.2, 0.25) is 5.82 Å². The molecule has 36 heavy (non-hydrogen) atoms. The number of piperidine rings is 1. The molecule has 194 valence electrons. The molecule has 2 aromatic carbocycles. The summed E-state index contributed by atoms with van der Waals surface area (Å²) in [7, 11) is 1.31. The molecule has 0 bridgehead atoms. The maximum atomic E-state index is 14.5. The average molecular weight is 502 g/mol. The van der Waals surface area contributed by atoms with Gasteiger partial charge in [-0.1, -0.05) is 6.07 Å². The minimum Gasteiger partial charge on any atom is -0.491 e. The third kappa shape index (κ3) is 6.17. The van der Waals surface area contributed by atoms with Gasteiger partial charge in [0.25, 0.3) is 6.01 Å². The van der Waals surface area contributed by atoms with Gasteiger partial charge in [0, 0.05) is 25.7 Å². The van der Waals surface area contributed by atoms with E-state index in [9.17, 15) is 9.18 Å². The SMILES string of the molecule is CCOc1cc(CN2CCC(Nc3nc4cccc(OCC(=O)OC)c4o3)CC2)cc(OCC)c1F. The van der Waals surface area contributed by atoms with Crippen LogP contribution in [0.1, 0.15) is 32.3 Å². The number of methoxy groups -OCH3 is 1. The Labute approximate surface area is 209 Å². The first-order valence-electron chi connectivity index (χ1n) is 12.2. The third-order valence-electron chi connectivity index (χ3n) is 5.94. The monoisotopic (exact) mass is 501 g/mol. The molecule has 4 rings (SSSR count). The summed E-state index contributed by atoms with van der Waals surface area (Å²) < 4.78 is 41.5. The highest BCUT2D eigenvalue weighted by atomic mass is 19.1. The lowest BCUT2D eigenvalue weighted by Gasteiger charge is -2.32. The Morgan fingerprint density at radius 2 is 1.81 bits per heavy atom. The molecule has 1 aromatic heterocycles. The van der Waals surface area contributed by atoms with E-state index in [1.807, 2.05) is 19.9 Å². The fraction of sp³-hybridized carbons (Fsp3) is 0.462. The van der Waals surface area contributed by atoms with Gasteiger partial charge in [-0.25, -0.2) is 4.79 Å². The number of carbonyl (C=O) groups is 1. The number of halogens is 1. The Morgan fingerprint density at radius 1 is 1.11 bits per heavy atom. The molecule has 10 heteroatoms. The van der Waals surface area contributed by atoms with Crippen LogP contribution in [-0.4, -0.2) is 61.9 Å². The molecule has 1 N–H and O–H groups in total. The number of oxazole rings is 1. The van der Waals surface area contributed by atoms with Gasteiger partial charge in [-0.05, 0) is 56.5 Å². The van der Waals surface area contributed by atoms with Gasteiger partial charge in [-0.3, -0.25) is 4.90 Å². The number of fused-ring (bicyclic) bond motifs is 1. The van der Waals surface area contributed by atoms with Crippen LogP contribution in [0.25, 0.3) is 11.1 Å². The summed E-state index contributed by atoms with van der Waals surface area (Å²) in [6.07, 6.45) is 1.78. The van der Waals surface area contributed by atoms with Gasteiger partial charge in [0.1, 0.15) is 5.52 Å². The van der Waals surface area contributed by atoms with E-state index in [2.05, 4.69) is 19.9 Å². The van der Waals surface area contributed by atoms with Crippen molar-refractivity contribution in [2.24, 2.45) is 0 Å². The normalized spacial score (nSPS) is 14.6. The Bertz CT molecular complexity index is 1150. The average Bonchev–Trinajstić information content (AvgIpc) is 3.29. The molecule has 0 aliphatic carbocycles. The van der Waals surface area contributed by atoms with Crippen molar-refractivity contribution in [2.75, 3.05) is 45.3 Å². The first-order chi connectivity index (χ1) is 17.5. The van der Waals surface area contributed by atoms with Crippen LogP contribution in [0.3, 0.4) is 0 Å². The molecule has 0 atom stereocenters. The number of nitrogens with zero attached hydrogens (tertiary/aromatic N) is 2. The number of ether oxygens (including phenoxy) is 4. The number of hydrogen-bond donors (Lipinski definition) is 1. The van der Waals surface area contributed by atoms with Gasteiger partial charge in [-0.15, -0.1) is 0 Å². The summed E-state index contributed by atoms with van der Waals surface area (Å²) in [5.41, 5.74) is 2.07. The van der Waals surface area contributed by atoms with Crippen molar-refractivity contribution in [2.45, 2.75) is 39.3 Å². The van der Waals surface area contributed by atoms with Crippen LogP contribution >= 0.6 is 0 Å². The summed E-state index contributed by atoms with van der Waals surface area (Å²) in [4.78, 5) is 18.2. The number of nitrogens with one attached hydrogen (secondary N) is 1. The lowest BCUT2D eigenvalue weighted by atomic mass is 10.0. The van der Waals surface area contributed by atoms with Crippen molar-refractivity contribution in [1.29, 1.82) is 0 Å². The second-order valence-corrected chi connectivity index (χ2v) is 8.46. The van der Waals surface area contributed by atoms with Crippen molar-refractivity contribution in [3.05, 3.63) is 41.7 Å². The highest BCUT2D eigenvalue weighted by molar-refractivity contribution is 5.81. The second kappa shape index (κ2) is 11.9.